The zero-order valence-corrected chi connectivity index (χ0v) is 11.2. The lowest BCUT2D eigenvalue weighted by Crippen LogP contribution is -2.27. The number of benzene rings is 1. The van der Waals surface area contributed by atoms with Crippen LogP contribution in [0, 0.1) is 0 Å². The molecule has 0 aliphatic heterocycles. The zero-order chi connectivity index (χ0) is 13.0. The Morgan fingerprint density at radius 1 is 1.44 bits per heavy atom. The van der Waals surface area contributed by atoms with Crippen molar-refractivity contribution in [1.29, 1.82) is 0 Å². The maximum absolute atomic E-state index is 12.3. The van der Waals surface area contributed by atoms with E-state index in [1.165, 1.54) is 11.3 Å². The van der Waals surface area contributed by atoms with Gasteiger partial charge in [-0.05, 0) is 12.1 Å². The Bertz CT molecular complexity index is 525. The van der Waals surface area contributed by atoms with E-state index in [9.17, 15) is 4.79 Å². The van der Waals surface area contributed by atoms with Crippen molar-refractivity contribution < 1.29 is 4.79 Å². The van der Waals surface area contributed by atoms with Gasteiger partial charge in [0, 0.05) is 25.2 Å². The predicted octanol–water partition coefficient (Wildman–Crippen LogP) is 2.46. The quantitative estimate of drug-likeness (QED) is 0.919. The maximum Gasteiger partial charge on any atom is 0.256 e. The van der Waals surface area contributed by atoms with Gasteiger partial charge < -0.3 is 10.2 Å². The van der Waals surface area contributed by atoms with Crippen molar-refractivity contribution in [3.05, 3.63) is 46.4 Å². The summed E-state index contributed by atoms with van der Waals surface area (Å²) in [5.74, 6) is -0.00653. The summed E-state index contributed by atoms with van der Waals surface area (Å²) in [7, 11) is 3.60. The molecule has 1 aromatic heterocycles. The molecule has 2 rings (SSSR count). The van der Waals surface area contributed by atoms with Crippen LogP contribution in [-0.2, 0) is 6.54 Å². The summed E-state index contributed by atoms with van der Waals surface area (Å²) < 4.78 is 0. The number of anilines is 1. The molecule has 1 N–H and O–H groups in total. The summed E-state index contributed by atoms with van der Waals surface area (Å²) in [5.41, 5.74) is 4.21. The number of para-hydroxylation sites is 1. The highest BCUT2D eigenvalue weighted by atomic mass is 32.1. The second-order valence-corrected chi connectivity index (χ2v) is 4.66. The molecule has 0 atom stereocenters. The van der Waals surface area contributed by atoms with Crippen LogP contribution in [0.25, 0.3) is 0 Å². The Morgan fingerprint density at radius 2 is 2.22 bits per heavy atom. The number of carbonyl (C=O) groups is 1. The van der Waals surface area contributed by atoms with Gasteiger partial charge in [-0.2, -0.15) is 0 Å². The molecule has 0 saturated carbocycles. The van der Waals surface area contributed by atoms with Gasteiger partial charge in [-0.25, -0.2) is 4.98 Å². The molecule has 2 aromatic rings. The van der Waals surface area contributed by atoms with Gasteiger partial charge in [-0.15, -0.1) is 11.3 Å². The van der Waals surface area contributed by atoms with Crippen molar-refractivity contribution >= 4 is 22.9 Å². The van der Waals surface area contributed by atoms with Gasteiger partial charge in [0.15, 0.2) is 0 Å². The number of amides is 1. The van der Waals surface area contributed by atoms with Crippen LogP contribution in [0.4, 0.5) is 5.69 Å². The third kappa shape index (κ3) is 2.68. The van der Waals surface area contributed by atoms with Crippen LogP contribution < -0.4 is 5.32 Å². The van der Waals surface area contributed by atoms with E-state index in [2.05, 4.69) is 10.3 Å². The normalized spacial score (nSPS) is 10.1. The van der Waals surface area contributed by atoms with E-state index >= 15 is 0 Å². The molecular weight excluding hydrogens is 246 g/mol. The molecule has 0 spiro atoms. The average Bonchev–Trinajstić information content (AvgIpc) is 2.90. The average molecular weight is 261 g/mol. The minimum absolute atomic E-state index is 0.00653. The molecule has 1 heterocycles. The van der Waals surface area contributed by atoms with E-state index < -0.39 is 0 Å². The Labute approximate surface area is 110 Å². The first-order chi connectivity index (χ1) is 8.72. The molecule has 0 unspecified atom stereocenters. The maximum atomic E-state index is 12.3. The lowest BCUT2D eigenvalue weighted by atomic mass is 10.1. The lowest BCUT2D eigenvalue weighted by Gasteiger charge is -2.17. The summed E-state index contributed by atoms with van der Waals surface area (Å²) >= 11 is 1.54. The Kier molecular flexibility index (Phi) is 3.94. The van der Waals surface area contributed by atoms with Gasteiger partial charge in [0.05, 0.1) is 23.3 Å². The number of carbonyl (C=O) groups excluding carboxylic acids is 1. The lowest BCUT2D eigenvalue weighted by molar-refractivity contribution is 0.0784. The van der Waals surface area contributed by atoms with E-state index in [-0.39, 0.29) is 5.91 Å². The largest absolute Gasteiger partial charge is 0.387 e. The summed E-state index contributed by atoms with van der Waals surface area (Å²) in [6, 6.07) is 7.49. The topological polar surface area (TPSA) is 45.2 Å². The Hall–Kier alpha value is -1.88. The minimum atomic E-state index is -0.00653. The Balaban J connectivity index is 2.15. The smallest absolute Gasteiger partial charge is 0.256 e. The number of nitrogens with one attached hydrogen (secondary N) is 1. The third-order valence-corrected chi connectivity index (χ3v) is 3.29. The molecule has 0 aliphatic rings. The van der Waals surface area contributed by atoms with E-state index in [0.717, 1.165) is 11.4 Å². The van der Waals surface area contributed by atoms with Gasteiger partial charge in [0.2, 0.25) is 0 Å². The molecule has 94 valence electrons. The SMILES string of the molecule is CNc1ccccc1C(=O)N(C)Cc1cscn1. The second kappa shape index (κ2) is 5.64. The molecule has 0 bridgehead atoms. The van der Waals surface area contributed by atoms with E-state index in [4.69, 9.17) is 0 Å². The van der Waals surface area contributed by atoms with E-state index in [0.29, 0.717) is 12.1 Å². The fourth-order valence-electron chi connectivity index (χ4n) is 1.72. The molecule has 1 amide bonds. The number of rotatable bonds is 4. The van der Waals surface area contributed by atoms with Crippen molar-refractivity contribution in [2.75, 3.05) is 19.4 Å². The molecule has 4 nitrogen and oxygen atoms in total. The highest BCUT2D eigenvalue weighted by molar-refractivity contribution is 7.07. The fraction of sp³-hybridized carbons (Fsp3) is 0.231. The molecule has 0 radical (unpaired) electrons. The van der Waals surface area contributed by atoms with Crippen molar-refractivity contribution in [2.24, 2.45) is 0 Å². The highest BCUT2D eigenvalue weighted by Gasteiger charge is 2.15. The monoisotopic (exact) mass is 261 g/mol. The molecule has 18 heavy (non-hydrogen) atoms. The van der Waals surface area contributed by atoms with Gasteiger partial charge >= 0.3 is 0 Å². The van der Waals surface area contributed by atoms with Crippen LogP contribution >= 0.6 is 11.3 Å². The molecule has 5 heteroatoms. The van der Waals surface area contributed by atoms with E-state index in [1.54, 1.807) is 17.5 Å². The summed E-state index contributed by atoms with van der Waals surface area (Å²) in [4.78, 5) is 18.2. The standard InChI is InChI=1S/C13H15N3OS/c1-14-12-6-4-3-5-11(12)13(17)16(2)7-10-8-18-9-15-10/h3-6,8-9,14H,7H2,1-2H3. The van der Waals surface area contributed by atoms with Crippen LogP contribution in [0.5, 0.6) is 0 Å². The predicted molar refractivity (Wildman–Crippen MR) is 73.9 cm³/mol. The fourth-order valence-corrected chi connectivity index (χ4v) is 2.27. The van der Waals surface area contributed by atoms with Crippen molar-refractivity contribution in [3.8, 4) is 0 Å². The zero-order valence-electron chi connectivity index (χ0n) is 10.4. The minimum Gasteiger partial charge on any atom is -0.387 e. The second-order valence-electron chi connectivity index (χ2n) is 3.94. The van der Waals surface area contributed by atoms with Crippen molar-refractivity contribution in [2.45, 2.75) is 6.54 Å². The van der Waals surface area contributed by atoms with Gasteiger partial charge in [0.1, 0.15) is 0 Å². The molecule has 0 fully saturated rings. The molecular formula is C13H15N3OS. The van der Waals surface area contributed by atoms with Crippen molar-refractivity contribution in [1.82, 2.24) is 9.88 Å². The summed E-state index contributed by atoms with van der Waals surface area (Å²) in [6.07, 6.45) is 0. The van der Waals surface area contributed by atoms with Crippen LogP contribution in [-0.4, -0.2) is 29.9 Å². The molecule has 1 aromatic carbocycles. The number of aromatic nitrogens is 1. The molecule has 0 saturated heterocycles. The highest BCUT2D eigenvalue weighted by Crippen LogP contribution is 2.17. The van der Waals surface area contributed by atoms with Crippen LogP contribution in [0.1, 0.15) is 16.1 Å². The summed E-state index contributed by atoms with van der Waals surface area (Å²) in [5, 5.41) is 4.98. The Morgan fingerprint density at radius 3 is 2.89 bits per heavy atom. The van der Waals surface area contributed by atoms with Gasteiger partial charge in [-0.1, -0.05) is 12.1 Å². The van der Waals surface area contributed by atoms with Crippen LogP contribution in [0.15, 0.2) is 35.2 Å². The van der Waals surface area contributed by atoms with Crippen LogP contribution in [0.2, 0.25) is 0 Å². The first-order valence-corrected chi connectivity index (χ1v) is 6.56. The summed E-state index contributed by atoms with van der Waals surface area (Å²) in [6.45, 7) is 0.528. The van der Waals surface area contributed by atoms with Gasteiger partial charge in [0.25, 0.3) is 5.91 Å². The number of nitrogens with zero attached hydrogens (tertiary/aromatic N) is 2. The third-order valence-electron chi connectivity index (χ3n) is 2.66. The molecule has 0 aliphatic carbocycles. The van der Waals surface area contributed by atoms with Crippen molar-refractivity contribution in [3.63, 3.8) is 0 Å². The first kappa shape index (κ1) is 12.6. The van der Waals surface area contributed by atoms with Crippen LogP contribution in [0.3, 0.4) is 0 Å². The number of hydrogen-bond acceptors (Lipinski definition) is 4. The number of hydrogen-bond donors (Lipinski definition) is 1. The van der Waals surface area contributed by atoms with E-state index in [1.807, 2.05) is 36.7 Å². The number of thiazole rings is 1. The first-order valence-electron chi connectivity index (χ1n) is 5.61. The van der Waals surface area contributed by atoms with Gasteiger partial charge in [-0.3, -0.25) is 4.79 Å².